The number of aryl methyl sites for hydroxylation is 1. The Kier molecular flexibility index (Phi) is 23.1. The van der Waals surface area contributed by atoms with E-state index in [4.69, 9.17) is 9.84 Å². The first kappa shape index (κ1) is 22.9. The lowest BCUT2D eigenvalue weighted by Crippen LogP contribution is -1.91. The van der Waals surface area contributed by atoms with Crippen molar-refractivity contribution >= 4 is 0 Å². The molecule has 3 heteroatoms. The monoisotopic (exact) mass is 272 g/mol. The van der Waals surface area contributed by atoms with Gasteiger partial charge in [0, 0.05) is 6.61 Å². The van der Waals surface area contributed by atoms with Crippen molar-refractivity contribution in [2.75, 3.05) is 13.7 Å². The van der Waals surface area contributed by atoms with Gasteiger partial charge in [0.2, 0.25) is 0 Å². The summed E-state index contributed by atoms with van der Waals surface area (Å²) in [5.74, 6) is 0.630. The first-order valence-corrected chi connectivity index (χ1v) is 7.24. The predicted octanol–water partition coefficient (Wildman–Crippen LogP) is 4.40. The van der Waals surface area contributed by atoms with Crippen LogP contribution in [-0.4, -0.2) is 23.9 Å². The molecule has 0 aliphatic heterocycles. The van der Waals surface area contributed by atoms with E-state index in [1.54, 1.807) is 12.1 Å². The molecule has 0 amide bonds. The Bertz CT molecular complexity index is 273. The summed E-state index contributed by atoms with van der Waals surface area (Å²) in [6, 6.07) is 5.21. The molecule has 0 saturated carbocycles. The number of phenols is 1. The van der Waals surface area contributed by atoms with Crippen molar-refractivity contribution in [2.45, 2.75) is 54.4 Å². The van der Waals surface area contributed by atoms with Crippen molar-refractivity contribution in [3.05, 3.63) is 23.8 Å². The maximum atomic E-state index is 9.29. The Morgan fingerprint density at radius 2 is 1.53 bits per heavy atom. The SMILES string of the molecule is CC.CC.CC.COc1cc(CCCO)ccc1O. The number of aliphatic hydroxyl groups is 1. The van der Waals surface area contributed by atoms with Gasteiger partial charge in [-0.3, -0.25) is 0 Å². The molecular formula is C16H32O3. The Balaban J connectivity index is -0.000000375. The highest BCUT2D eigenvalue weighted by atomic mass is 16.5. The quantitative estimate of drug-likeness (QED) is 0.854. The minimum absolute atomic E-state index is 0.148. The number of phenolic OH excluding ortho intramolecular Hbond substituents is 1. The van der Waals surface area contributed by atoms with Gasteiger partial charge >= 0.3 is 0 Å². The van der Waals surface area contributed by atoms with Crippen LogP contribution in [-0.2, 0) is 6.42 Å². The highest BCUT2D eigenvalue weighted by Gasteiger charge is 2.01. The van der Waals surface area contributed by atoms with Gasteiger partial charge in [-0.05, 0) is 30.5 Å². The zero-order valence-electron chi connectivity index (χ0n) is 13.7. The first-order chi connectivity index (χ1) is 9.27. The Hall–Kier alpha value is -1.22. The van der Waals surface area contributed by atoms with Crippen LogP contribution >= 0.6 is 0 Å². The van der Waals surface area contributed by atoms with Gasteiger partial charge in [-0.25, -0.2) is 0 Å². The van der Waals surface area contributed by atoms with Crippen LogP contribution in [0.3, 0.4) is 0 Å². The molecule has 0 saturated heterocycles. The van der Waals surface area contributed by atoms with Crippen molar-refractivity contribution in [1.82, 2.24) is 0 Å². The van der Waals surface area contributed by atoms with E-state index in [2.05, 4.69) is 0 Å². The number of aromatic hydroxyl groups is 1. The van der Waals surface area contributed by atoms with E-state index in [1.165, 1.54) is 7.11 Å². The zero-order chi connectivity index (χ0) is 15.7. The largest absolute Gasteiger partial charge is 0.504 e. The second-order valence-electron chi connectivity index (χ2n) is 2.83. The average Bonchev–Trinajstić information content (AvgIpc) is 2.52. The second kappa shape index (κ2) is 19.1. The van der Waals surface area contributed by atoms with E-state index in [0.717, 1.165) is 18.4 Å². The molecule has 0 radical (unpaired) electrons. The molecule has 0 aromatic heterocycles. The van der Waals surface area contributed by atoms with Crippen LogP contribution in [0.5, 0.6) is 11.5 Å². The van der Waals surface area contributed by atoms with Crippen LogP contribution in [0.15, 0.2) is 18.2 Å². The van der Waals surface area contributed by atoms with Crippen molar-refractivity contribution in [2.24, 2.45) is 0 Å². The fourth-order valence-corrected chi connectivity index (χ4v) is 1.16. The number of rotatable bonds is 4. The zero-order valence-corrected chi connectivity index (χ0v) is 13.7. The molecule has 0 bridgehead atoms. The smallest absolute Gasteiger partial charge is 0.160 e. The van der Waals surface area contributed by atoms with Gasteiger partial charge in [0.25, 0.3) is 0 Å². The molecular weight excluding hydrogens is 240 g/mol. The molecule has 2 N–H and O–H groups in total. The number of aliphatic hydroxyl groups excluding tert-OH is 1. The summed E-state index contributed by atoms with van der Waals surface area (Å²) in [6.07, 6.45) is 1.53. The highest BCUT2D eigenvalue weighted by molar-refractivity contribution is 5.41. The van der Waals surface area contributed by atoms with Crippen LogP contribution in [0.4, 0.5) is 0 Å². The maximum absolute atomic E-state index is 9.29. The number of ether oxygens (including phenoxy) is 1. The number of hydrogen-bond acceptors (Lipinski definition) is 3. The summed E-state index contributed by atoms with van der Waals surface area (Å²) < 4.78 is 4.95. The van der Waals surface area contributed by atoms with Gasteiger partial charge in [0.1, 0.15) is 0 Å². The number of hydrogen-bond donors (Lipinski definition) is 2. The van der Waals surface area contributed by atoms with Gasteiger partial charge in [-0.15, -0.1) is 0 Å². The molecule has 1 rings (SSSR count). The summed E-state index contributed by atoms with van der Waals surface area (Å²) in [4.78, 5) is 0. The second-order valence-corrected chi connectivity index (χ2v) is 2.83. The lowest BCUT2D eigenvalue weighted by molar-refractivity contribution is 0.288. The Morgan fingerprint density at radius 1 is 1.00 bits per heavy atom. The lowest BCUT2D eigenvalue weighted by Gasteiger charge is -2.05. The van der Waals surface area contributed by atoms with Gasteiger partial charge < -0.3 is 14.9 Å². The molecule has 1 aromatic rings. The van der Waals surface area contributed by atoms with Crippen LogP contribution in [0, 0.1) is 0 Å². The molecule has 0 heterocycles. The summed E-state index contributed by atoms with van der Waals surface area (Å²) in [5.41, 5.74) is 1.06. The number of methoxy groups -OCH3 is 1. The minimum Gasteiger partial charge on any atom is -0.504 e. The van der Waals surface area contributed by atoms with E-state index < -0.39 is 0 Å². The van der Waals surface area contributed by atoms with Crippen molar-refractivity contribution in [3.8, 4) is 11.5 Å². The molecule has 0 aliphatic rings. The van der Waals surface area contributed by atoms with E-state index in [1.807, 2.05) is 47.6 Å². The van der Waals surface area contributed by atoms with Crippen molar-refractivity contribution in [3.63, 3.8) is 0 Å². The Labute approximate surface area is 119 Å². The molecule has 0 spiro atoms. The lowest BCUT2D eigenvalue weighted by atomic mass is 10.1. The molecule has 0 fully saturated rings. The van der Waals surface area contributed by atoms with Gasteiger partial charge in [0.15, 0.2) is 11.5 Å². The van der Waals surface area contributed by atoms with Crippen molar-refractivity contribution in [1.29, 1.82) is 0 Å². The summed E-state index contributed by atoms with van der Waals surface area (Å²) in [7, 11) is 1.52. The normalized spacial score (nSPS) is 7.79. The van der Waals surface area contributed by atoms with E-state index in [-0.39, 0.29) is 12.4 Å². The third-order valence-corrected chi connectivity index (χ3v) is 1.87. The third kappa shape index (κ3) is 11.6. The van der Waals surface area contributed by atoms with Gasteiger partial charge in [0.05, 0.1) is 7.11 Å². The van der Waals surface area contributed by atoms with E-state index in [0.29, 0.717) is 5.75 Å². The molecule has 0 aliphatic carbocycles. The molecule has 114 valence electrons. The standard InChI is InChI=1S/C10H14O3.3C2H6/c1-13-10-7-8(3-2-6-11)4-5-9(10)12;3*1-2/h4-5,7,11-12H,2-3,6H2,1H3;3*1-2H3. The van der Waals surface area contributed by atoms with Crippen LogP contribution in [0.2, 0.25) is 0 Å². The molecule has 0 unspecified atom stereocenters. The highest BCUT2D eigenvalue weighted by Crippen LogP contribution is 2.26. The van der Waals surface area contributed by atoms with E-state index in [9.17, 15) is 5.11 Å². The fourth-order valence-electron chi connectivity index (χ4n) is 1.16. The number of benzene rings is 1. The van der Waals surface area contributed by atoms with Gasteiger partial charge in [-0.1, -0.05) is 47.6 Å². The predicted molar refractivity (Wildman–Crippen MR) is 84.1 cm³/mol. The fraction of sp³-hybridized carbons (Fsp3) is 0.625. The van der Waals surface area contributed by atoms with Crippen LogP contribution in [0.1, 0.15) is 53.5 Å². The molecule has 0 atom stereocenters. The van der Waals surface area contributed by atoms with Crippen LogP contribution in [0.25, 0.3) is 0 Å². The average molecular weight is 272 g/mol. The van der Waals surface area contributed by atoms with Crippen molar-refractivity contribution < 1.29 is 14.9 Å². The third-order valence-electron chi connectivity index (χ3n) is 1.87. The van der Waals surface area contributed by atoms with E-state index >= 15 is 0 Å². The maximum Gasteiger partial charge on any atom is 0.160 e. The topological polar surface area (TPSA) is 49.7 Å². The first-order valence-electron chi connectivity index (χ1n) is 7.24. The molecule has 3 nitrogen and oxygen atoms in total. The summed E-state index contributed by atoms with van der Waals surface area (Å²) in [6.45, 7) is 12.2. The molecule has 19 heavy (non-hydrogen) atoms. The summed E-state index contributed by atoms with van der Waals surface area (Å²) in [5, 5.41) is 17.9. The minimum atomic E-state index is 0.148. The summed E-state index contributed by atoms with van der Waals surface area (Å²) >= 11 is 0. The van der Waals surface area contributed by atoms with Crippen LogP contribution < -0.4 is 4.74 Å². The Morgan fingerprint density at radius 3 is 1.95 bits per heavy atom. The molecule has 1 aromatic carbocycles. The van der Waals surface area contributed by atoms with Gasteiger partial charge in [-0.2, -0.15) is 0 Å².